The minimum absolute atomic E-state index is 0.0320. The molecule has 1 heterocycles. The summed E-state index contributed by atoms with van der Waals surface area (Å²) >= 11 is 17.0. The van der Waals surface area contributed by atoms with E-state index in [9.17, 15) is 4.79 Å². The standard InChI is InChI=1S/C7H5Cl3N2O2/c1-2(13)14-7-4(9)5(11)3(8)6(10)12-7/h1H3,(H2,11,12). The first-order valence-electron chi connectivity index (χ1n) is 3.42. The number of pyridine rings is 1. The predicted molar refractivity (Wildman–Crippen MR) is 55.0 cm³/mol. The molecule has 0 aliphatic rings. The van der Waals surface area contributed by atoms with Crippen LogP contribution in [0.1, 0.15) is 6.92 Å². The average molecular weight is 255 g/mol. The highest BCUT2D eigenvalue weighted by Gasteiger charge is 2.16. The summed E-state index contributed by atoms with van der Waals surface area (Å²) in [5.74, 6) is -0.719. The quantitative estimate of drug-likeness (QED) is 0.619. The number of rotatable bonds is 1. The van der Waals surface area contributed by atoms with E-state index in [0.717, 1.165) is 0 Å². The van der Waals surface area contributed by atoms with Gasteiger partial charge in [0.15, 0.2) is 5.15 Å². The molecule has 14 heavy (non-hydrogen) atoms. The van der Waals surface area contributed by atoms with Crippen molar-refractivity contribution in [2.24, 2.45) is 0 Å². The van der Waals surface area contributed by atoms with Crippen LogP contribution in [0.2, 0.25) is 15.2 Å². The molecule has 1 rings (SSSR count). The number of nitrogens with zero attached hydrogens (tertiary/aromatic N) is 1. The summed E-state index contributed by atoms with van der Waals surface area (Å²) in [5.41, 5.74) is 5.51. The van der Waals surface area contributed by atoms with Crippen LogP contribution in [-0.4, -0.2) is 11.0 Å². The molecule has 0 spiro atoms. The molecule has 0 bridgehead atoms. The lowest BCUT2D eigenvalue weighted by Gasteiger charge is -2.07. The van der Waals surface area contributed by atoms with Gasteiger partial charge >= 0.3 is 5.97 Å². The minimum atomic E-state index is -0.572. The Morgan fingerprint density at radius 1 is 1.36 bits per heavy atom. The first-order chi connectivity index (χ1) is 6.43. The van der Waals surface area contributed by atoms with Crippen LogP contribution in [0.4, 0.5) is 5.69 Å². The second-order valence-corrected chi connectivity index (χ2v) is 3.46. The molecule has 7 heteroatoms. The van der Waals surface area contributed by atoms with E-state index in [1.54, 1.807) is 0 Å². The Kier molecular flexibility index (Phi) is 3.42. The number of hydrogen-bond acceptors (Lipinski definition) is 4. The number of esters is 1. The molecule has 4 nitrogen and oxygen atoms in total. The van der Waals surface area contributed by atoms with E-state index in [1.807, 2.05) is 0 Å². The number of halogens is 3. The average Bonchev–Trinajstić information content (AvgIpc) is 2.10. The summed E-state index contributed by atoms with van der Waals surface area (Å²) in [6, 6.07) is 0. The summed E-state index contributed by atoms with van der Waals surface area (Å²) in [5, 5.41) is -0.0630. The maximum Gasteiger partial charge on any atom is 0.309 e. The maximum atomic E-state index is 10.6. The van der Waals surface area contributed by atoms with Crippen LogP contribution in [0.5, 0.6) is 5.88 Å². The number of hydrogen-bond donors (Lipinski definition) is 1. The topological polar surface area (TPSA) is 65.2 Å². The molecule has 0 saturated carbocycles. The zero-order valence-corrected chi connectivity index (χ0v) is 9.24. The van der Waals surface area contributed by atoms with E-state index < -0.39 is 5.97 Å². The van der Waals surface area contributed by atoms with Gasteiger partial charge in [0.25, 0.3) is 0 Å². The third kappa shape index (κ3) is 2.20. The van der Waals surface area contributed by atoms with Gasteiger partial charge in [0.05, 0.1) is 5.69 Å². The van der Waals surface area contributed by atoms with Gasteiger partial charge in [-0.3, -0.25) is 4.79 Å². The molecule has 76 valence electrons. The Labute approximate surface area is 94.9 Å². The van der Waals surface area contributed by atoms with Crippen molar-refractivity contribution in [1.29, 1.82) is 0 Å². The molecule has 0 aromatic carbocycles. The van der Waals surface area contributed by atoms with Gasteiger partial charge in [-0.15, -0.1) is 0 Å². The van der Waals surface area contributed by atoms with Gasteiger partial charge < -0.3 is 10.5 Å². The SMILES string of the molecule is CC(=O)Oc1nc(Cl)c(Cl)c(N)c1Cl. The fourth-order valence-electron chi connectivity index (χ4n) is 0.714. The smallest absolute Gasteiger partial charge is 0.309 e. The van der Waals surface area contributed by atoms with Crippen LogP contribution in [0.3, 0.4) is 0 Å². The number of carbonyl (C=O) groups is 1. The summed E-state index contributed by atoms with van der Waals surface area (Å²) in [6.45, 7) is 1.21. The third-order valence-corrected chi connectivity index (χ3v) is 2.40. The van der Waals surface area contributed by atoms with Gasteiger partial charge in [-0.1, -0.05) is 34.8 Å². The van der Waals surface area contributed by atoms with E-state index in [4.69, 9.17) is 40.5 Å². The first-order valence-corrected chi connectivity index (χ1v) is 4.55. The van der Waals surface area contributed by atoms with Gasteiger partial charge in [0, 0.05) is 6.92 Å². The van der Waals surface area contributed by atoms with E-state index in [-0.39, 0.29) is 26.8 Å². The Bertz CT molecular complexity index is 395. The number of nitrogen functional groups attached to an aromatic ring is 1. The van der Waals surface area contributed by atoms with Crippen LogP contribution in [0, 0.1) is 0 Å². The Morgan fingerprint density at radius 2 is 1.93 bits per heavy atom. The zero-order valence-electron chi connectivity index (χ0n) is 6.97. The third-order valence-electron chi connectivity index (χ3n) is 1.28. The molecular weight excluding hydrogens is 250 g/mol. The number of ether oxygens (including phenoxy) is 1. The highest BCUT2D eigenvalue weighted by Crippen LogP contribution is 2.37. The fourth-order valence-corrected chi connectivity index (χ4v) is 1.25. The molecule has 0 radical (unpaired) electrons. The van der Waals surface area contributed by atoms with Crippen LogP contribution in [0.15, 0.2) is 0 Å². The van der Waals surface area contributed by atoms with Crippen molar-refractivity contribution in [2.45, 2.75) is 6.92 Å². The van der Waals surface area contributed by atoms with Crippen LogP contribution in [-0.2, 0) is 4.79 Å². The number of nitrogens with two attached hydrogens (primary N) is 1. The van der Waals surface area contributed by atoms with Gasteiger partial charge in [-0.2, -0.15) is 4.98 Å². The van der Waals surface area contributed by atoms with E-state index in [1.165, 1.54) is 6.92 Å². The monoisotopic (exact) mass is 254 g/mol. The molecule has 1 aromatic rings. The van der Waals surface area contributed by atoms with Gasteiger partial charge in [0.2, 0.25) is 5.88 Å². The molecule has 0 fully saturated rings. The molecule has 0 saturated heterocycles. The molecule has 2 N–H and O–H groups in total. The van der Waals surface area contributed by atoms with Crippen molar-refractivity contribution in [1.82, 2.24) is 4.98 Å². The Hall–Kier alpha value is -0.710. The van der Waals surface area contributed by atoms with Crippen LogP contribution >= 0.6 is 34.8 Å². The Balaban J connectivity index is 3.25. The van der Waals surface area contributed by atoms with Crippen LogP contribution in [0.25, 0.3) is 0 Å². The fraction of sp³-hybridized carbons (Fsp3) is 0.143. The number of aromatic nitrogens is 1. The van der Waals surface area contributed by atoms with Crippen LogP contribution < -0.4 is 10.5 Å². The number of carbonyl (C=O) groups excluding carboxylic acids is 1. The number of anilines is 1. The van der Waals surface area contributed by atoms with Crippen molar-refractivity contribution in [2.75, 3.05) is 5.73 Å². The minimum Gasteiger partial charge on any atom is -0.406 e. The van der Waals surface area contributed by atoms with Gasteiger partial charge in [-0.05, 0) is 0 Å². The largest absolute Gasteiger partial charge is 0.406 e. The summed E-state index contributed by atoms with van der Waals surface area (Å²) in [6.07, 6.45) is 0. The normalized spacial score (nSPS) is 10.0. The zero-order chi connectivity index (χ0) is 10.9. The highest BCUT2D eigenvalue weighted by molar-refractivity contribution is 6.45. The highest BCUT2D eigenvalue weighted by atomic mass is 35.5. The first kappa shape index (κ1) is 11.4. The van der Waals surface area contributed by atoms with Crippen molar-refractivity contribution in [3.63, 3.8) is 0 Å². The molecule has 0 unspecified atom stereocenters. The lowest BCUT2D eigenvalue weighted by molar-refractivity contribution is -0.132. The molecule has 1 aromatic heterocycles. The van der Waals surface area contributed by atoms with E-state index >= 15 is 0 Å². The molecule has 0 aliphatic carbocycles. The molecule has 0 aliphatic heterocycles. The Morgan fingerprint density at radius 3 is 2.43 bits per heavy atom. The lowest BCUT2D eigenvalue weighted by atomic mass is 10.4. The molecular formula is C7H5Cl3N2O2. The summed E-state index contributed by atoms with van der Waals surface area (Å²) in [4.78, 5) is 14.3. The van der Waals surface area contributed by atoms with E-state index in [0.29, 0.717) is 0 Å². The van der Waals surface area contributed by atoms with Crippen molar-refractivity contribution in [3.05, 3.63) is 15.2 Å². The molecule has 0 amide bonds. The van der Waals surface area contributed by atoms with Gasteiger partial charge in [0.1, 0.15) is 10.0 Å². The maximum absolute atomic E-state index is 10.6. The van der Waals surface area contributed by atoms with Gasteiger partial charge in [-0.25, -0.2) is 0 Å². The van der Waals surface area contributed by atoms with E-state index in [2.05, 4.69) is 9.72 Å². The second-order valence-electron chi connectivity index (χ2n) is 2.34. The summed E-state index contributed by atoms with van der Waals surface area (Å²) in [7, 11) is 0. The lowest BCUT2D eigenvalue weighted by Crippen LogP contribution is -2.05. The van der Waals surface area contributed by atoms with Crippen molar-refractivity contribution < 1.29 is 9.53 Å². The van der Waals surface area contributed by atoms with Crippen molar-refractivity contribution in [3.8, 4) is 5.88 Å². The van der Waals surface area contributed by atoms with Crippen molar-refractivity contribution >= 4 is 46.5 Å². The molecule has 0 atom stereocenters. The second kappa shape index (κ2) is 4.21. The summed E-state index contributed by atoms with van der Waals surface area (Å²) < 4.78 is 4.66. The predicted octanol–water partition coefficient (Wildman–Crippen LogP) is 2.55.